The molecule has 1 aromatic heterocycles. The lowest BCUT2D eigenvalue weighted by Crippen LogP contribution is -2.37. The van der Waals surface area contributed by atoms with Crippen LogP contribution >= 0.6 is 12.4 Å². The first kappa shape index (κ1) is 18.0. The van der Waals surface area contributed by atoms with E-state index in [9.17, 15) is 4.79 Å². The average Bonchev–Trinajstić information content (AvgIpc) is 2.48. The van der Waals surface area contributed by atoms with Crippen LogP contribution in [0.2, 0.25) is 0 Å². The Bertz CT molecular complexity index is 585. The number of amides is 1. The van der Waals surface area contributed by atoms with E-state index in [2.05, 4.69) is 4.98 Å². The molecule has 0 saturated carbocycles. The van der Waals surface area contributed by atoms with Crippen molar-refractivity contribution in [2.45, 2.75) is 32.9 Å². The van der Waals surface area contributed by atoms with Crippen molar-refractivity contribution in [1.82, 2.24) is 9.88 Å². The van der Waals surface area contributed by atoms with Crippen LogP contribution in [0.4, 0.5) is 5.69 Å². The van der Waals surface area contributed by atoms with Crippen LogP contribution in [-0.2, 0) is 17.8 Å². The summed E-state index contributed by atoms with van der Waals surface area (Å²) in [6.07, 6.45) is 3.92. The van der Waals surface area contributed by atoms with E-state index >= 15 is 0 Å². The number of nitrogen functional groups attached to an aromatic ring is 1. The fourth-order valence-corrected chi connectivity index (χ4v) is 2.16. The molecule has 1 amide bonds. The van der Waals surface area contributed by atoms with Crippen LogP contribution in [0, 0.1) is 0 Å². The Kier molecular flexibility index (Phi) is 6.86. The van der Waals surface area contributed by atoms with E-state index in [1.54, 1.807) is 12.4 Å². The smallest absolute Gasteiger partial charge is 0.227 e. The number of pyridine rings is 1. The van der Waals surface area contributed by atoms with Gasteiger partial charge in [-0.2, -0.15) is 0 Å². The molecule has 22 heavy (non-hydrogen) atoms. The van der Waals surface area contributed by atoms with Crippen molar-refractivity contribution >= 4 is 24.0 Å². The van der Waals surface area contributed by atoms with Gasteiger partial charge in [-0.3, -0.25) is 9.78 Å². The summed E-state index contributed by atoms with van der Waals surface area (Å²) < 4.78 is 0. The summed E-state index contributed by atoms with van der Waals surface area (Å²) in [5.41, 5.74) is 8.39. The topological polar surface area (TPSA) is 59.2 Å². The molecule has 0 atom stereocenters. The van der Waals surface area contributed by atoms with E-state index in [4.69, 9.17) is 5.73 Å². The van der Waals surface area contributed by atoms with Crippen LogP contribution in [-0.4, -0.2) is 21.8 Å². The number of hydrogen-bond acceptors (Lipinski definition) is 3. The molecule has 1 heterocycles. The third kappa shape index (κ3) is 5.04. The average molecular weight is 320 g/mol. The highest BCUT2D eigenvalue weighted by Crippen LogP contribution is 2.12. The normalized spacial score (nSPS) is 10.1. The molecule has 0 aliphatic carbocycles. The maximum Gasteiger partial charge on any atom is 0.227 e. The lowest BCUT2D eigenvalue weighted by molar-refractivity contribution is -0.132. The Morgan fingerprint density at radius 1 is 1.18 bits per heavy atom. The molecular formula is C17H22ClN3O. The molecule has 0 radical (unpaired) electrons. The predicted octanol–water partition coefficient (Wildman–Crippen LogP) is 3.07. The van der Waals surface area contributed by atoms with Gasteiger partial charge in [0.1, 0.15) is 0 Å². The van der Waals surface area contributed by atoms with Crippen molar-refractivity contribution in [3.8, 4) is 0 Å². The second kappa shape index (κ2) is 8.39. The summed E-state index contributed by atoms with van der Waals surface area (Å²) in [4.78, 5) is 18.5. The lowest BCUT2D eigenvalue weighted by atomic mass is 10.1. The van der Waals surface area contributed by atoms with Gasteiger partial charge in [0.05, 0.1) is 6.42 Å². The highest BCUT2D eigenvalue weighted by molar-refractivity contribution is 5.85. The maximum absolute atomic E-state index is 12.5. The molecule has 1 aromatic carbocycles. The number of aromatic nitrogens is 1. The number of carbonyl (C=O) groups excluding carboxylic acids is 1. The Morgan fingerprint density at radius 2 is 1.86 bits per heavy atom. The molecule has 0 saturated heterocycles. The van der Waals surface area contributed by atoms with Crippen molar-refractivity contribution in [3.05, 3.63) is 59.9 Å². The second-order valence-corrected chi connectivity index (χ2v) is 5.40. The molecule has 5 heteroatoms. The summed E-state index contributed by atoms with van der Waals surface area (Å²) in [5.74, 6) is 0.110. The van der Waals surface area contributed by atoms with E-state index in [0.717, 1.165) is 11.1 Å². The molecule has 2 rings (SSSR count). The molecule has 4 nitrogen and oxygen atoms in total. The number of nitrogens with two attached hydrogens (primary N) is 1. The van der Waals surface area contributed by atoms with Gasteiger partial charge in [0.15, 0.2) is 0 Å². The summed E-state index contributed by atoms with van der Waals surface area (Å²) in [7, 11) is 0. The number of nitrogens with zero attached hydrogens (tertiary/aromatic N) is 2. The molecule has 2 N–H and O–H groups in total. The van der Waals surface area contributed by atoms with E-state index in [1.165, 1.54) is 0 Å². The Hall–Kier alpha value is -2.07. The van der Waals surface area contributed by atoms with Gasteiger partial charge in [-0.25, -0.2) is 0 Å². The van der Waals surface area contributed by atoms with E-state index in [-0.39, 0.29) is 24.4 Å². The van der Waals surface area contributed by atoms with Gasteiger partial charge < -0.3 is 10.6 Å². The Labute approximate surface area is 137 Å². The zero-order chi connectivity index (χ0) is 15.2. The number of rotatable bonds is 5. The number of halogens is 1. The first-order chi connectivity index (χ1) is 10.1. The Morgan fingerprint density at radius 3 is 2.41 bits per heavy atom. The largest absolute Gasteiger partial charge is 0.399 e. The number of hydrogen-bond donors (Lipinski definition) is 1. The molecule has 0 aliphatic rings. The fraction of sp³-hybridized carbons (Fsp3) is 0.294. The standard InChI is InChI=1S/C17H21N3O.ClH/c1-13(2)20(12-15-4-3-9-19-11-15)17(21)10-14-5-7-16(18)8-6-14;/h3-9,11,13H,10,12,18H2,1-2H3;1H. The van der Waals surface area contributed by atoms with Crippen molar-refractivity contribution < 1.29 is 4.79 Å². The molecular weight excluding hydrogens is 298 g/mol. The monoisotopic (exact) mass is 319 g/mol. The zero-order valence-electron chi connectivity index (χ0n) is 12.9. The lowest BCUT2D eigenvalue weighted by Gasteiger charge is -2.27. The highest BCUT2D eigenvalue weighted by atomic mass is 35.5. The number of carbonyl (C=O) groups is 1. The molecule has 2 aromatic rings. The van der Waals surface area contributed by atoms with E-state index < -0.39 is 0 Å². The van der Waals surface area contributed by atoms with Crippen LogP contribution < -0.4 is 5.73 Å². The van der Waals surface area contributed by atoms with Crippen molar-refractivity contribution in [1.29, 1.82) is 0 Å². The third-order valence-corrected chi connectivity index (χ3v) is 3.35. The van der Waals surface area contributed by atoms with Gasteiger partial charge in [0.25, 0.3) is 0 Å². The van der Waals surface area contributed by atoms with Crippen molar-refractivity contribution in [3.63, 3.8) is 0 Å². The molecule has 0 fully saturated rings. The fourth-order valence-electron chi connectivity index (χ4n) is 2.16. The van der Waals surface area contributed by atoms with Crippen LogP contribution in [0.5, 0.6) is 0 Å². The van der Waals surface area contributed by atoms with Crippen LogP contribution in [0.25, 0.3) is 0 Å². The number of benzene rings is 1. The van der Waals surface area contributed by atoms with E-state index in [0.29, 0.717) is 18.7 Å². The van der Waals surface area contributed by atoms with Crippen LogP contribution in [0.3, 0.4) is 0 Å². The molecule has 0 spiro atoms. The van der Waals surface area contributed by atoms with Crippen molar-refractivity contribution in [2.24, 2.45) is 0 Å². The Balaban J connectivity index is 0.00000242. The minimum atomic E-state index is 0. The number of anilines is 1. The van der Waals surface area contributed by atoms with E-state index in [1.807, 2.05) is 55.1 Å². The maximum atomic E-state index is 12.5. The van der Waals surface area contributed by atoms with Gasteiger partial charge in [-0.1, -0.05) is 18.2 Å². The second-order valence-electron chi connectivity index (χ2n) is 5.40. The summed E-state index contributed by atoms with van der Waals surface area (Å²) >= 11 is 0. The molecule has 0 unspecified atom stereocenters. The highest BCUT2D eigenvalue weighted by Gasteiger charge is 2.17. The minimum absolute atomic E-state index is 0. The zero-order valence-corrected chi connectivity index (χ0v) is 13.7. The quantitative estimate of drug-likeness (QED) is 0.862. The summed E-state index contributed by atoms with van der Waals surface area (Å²) in [6, 6.07) is 11.5. The van der Waals surface area contributed by atoms with Crippen LogP contribution in [0.1, 0.15) is 25.0 Å². The van der Waals surface area contributed by atoms with Crippen molar-refractivity contribution in [2.75, 3.05) is 5.73 Å². The third-order valence-electron chi connectivity index (χ3n) is 3.35. The first-order valence-electron chi connectivity index (χ1n) is 7.09. The first-order valence-corrected chi connectivity index (χ1v) is 7.09. The van der Waals surface area contributed by atoms with Crippen LogP contribution in [0.15, 0.2) is 48.8 Å². The van der Waals surface area contributed by atoms with Gasteiger partial charge >= 0.3 is 0 Å². The molecule has 0 bridgehead atoms. The summed E-state index contributed by atoms with van der Waals surface area (Å²) in [6.45, 7) is 4.63. The predicted molar refractivity (Wildman–Crippen MR) is 91.7 cm³/mol. The minimum Gasteiger partial charge on any atom is -0.399 e. The SMILES string of the molecule is CC(C)N(Cc1cccnc1)C(=O)Cc1ccc(N)cc1.Cl. The summed E-state index contributed by atoms with van der Waals surface area (Å²) in [5, 5.41) is 0. The van der Waals surface area contributed by atoms with Gasteiger partial charge in [-0.05, 0) is 43.2 Å². The van der Waals surface area contributed by atoms with Gasteiger partial charge in [0.2, 0.25) is 5.91 Å². The van der Waals surface area contributed by atoms with Gasteiger partial charge in [0, 0.05) is 30.7 Å². The van der Waals surface area contributed by atoms with Gasteiger partial charge in [-0.15, -0.1) is 12.4 Å². The molecule has 0 aliphatic heterocycles. The molecule has 118 valence electrons.